The van der Waals surface area contributed by atoms with Crippen LogP contribution in [0.2, 0.25) is 0 Å². The number of rotatable bonds is 5. The topological polar surface area (TPSA) is 29.5 Å². The molecule has 1 N–H and O–H groups in total. The van der Waals surface area contributed by atoms with E-state index in [0.717, 1.165) is 6.42 Å². The molecular weight excluding hydrogens is 164 g/mol. The van der Waals surface area contributed by atoms with Crippen LogP contribution in [0.15, 0.2) is 12.2 Å². The van der Waals surface area contributed by atoms with Crippen LogP contribution in [-0.4, -0.2) is 22.9 Å². The van der Waals surface area contributed by atoms with Gasteiger partial charge in [-0.05, 0) is 34.1 Å². The average Bonchev–Trinajstić information content (AvgIpc) is 1.99. The van der Waals surface area contributed by atoms with Crippen LogP contribution >= 0.6 is 0 Å². The van der Waals surface area contributed by atoms with Gasteiger partial charge >= 0.3 is 0 Å². The lowest BCUT2D eigenvalue weighted by Crippen LogP contribution is -2.38. The SMILES string of the molecule is CC/C=C/C(C)(C)OC(C)(C)CO. The first kappa shape index (κ1) is 12.7. The number of aliphatic hydroxyl groups is 1. The number of allylic oxidation sites excluding steroid dienone is 1. The number of ether oxygens (including phenoxy) is 1. The van der Waals surface area contributed by atoms with Crippen molar-refractivity contribution in [2.45, 2.75) is 52.2 Å². The van der Waals surface area contributed by atoms with Crippen molar-refractivity contribution >= 4 is 0 Å². The highest BCUT2D eigenvalue weighted by molar-refractivity contribution is 4.97. The van der Waals surface area contributed by atoms with Gasteiger partial charge in [0, 0.05) is 0 Å². The zero-order valence-corrected chi connectivity index (χ0v) is 9.42. The molecular formula is C11H22O2. The van der Waals surface area contributed by atoms with E-state index in [1.807, 2.05) is 33.8 Å². The molecule has 0 aliphatic carbocycles. The standard InChI is InChI=1S/C11H22O2/c1-6-7-8-10(2,3)13-11(4,5)9-12/h7-8,12H,6,9H2,1-5H3/b8-7+. The lowest BCUT2D eigenvalue weighted by atomic mass is 10.1. The van der Waals surface area contributed by atoms with Crippen molar-refractivity contribution in [3.63, 3.8) is 0 Å². The van der Waals surface area contributed by atoms with Crippen LogP contribution in [0.5, 0.6) is 0 Å². The van der Waals surface area contributed by atoms with Gasteiger partial charge in [0.1, 0.15) is 0 Å². The van der Waals surface area contributed by atoms with E-state index in [-0.39, 0.29) is 12.2 Å². The van der Waals surface area contributed by atoms with Gasteiger partial charge in [0.15, 0.2) is 0 Å². The third-order valence-electron chi connectivity index (χ3n) is 1.68. The first-order valence-corrected chi connectivity index (χ1v) is 4.82. The number of hydrogen-bond acceptors (Lipinski definition) is 2. The molecule has 0 aromatic rings. The Kier molecular flexibility index (Phi) is 4.65. The van der Waals surface area contributed by atoms with E-state index >= 15 is 0 Å². The molecule has 2 heteroatoms. The second-order valence-electron chi connectivity index (χ2n) is 4.43. The molecule has 0 aliphatic heterocycles. The van der Waals surface area contributed by atoms with Gasteiger partial charge in [0.25, 0.3) is 0 Å². The maximum atomic E-state index is 9.03. The maximum Gasteiger partial charge on any atom is 0.0867 e. The minimum Gasteiger partial charge on any atom is -0.393 e. The Hall–Kier alpha value is -0.340. The van der Waals surface area contributed by atoms with E-state index in [1.165, 1.54) is 0 Å². The van der Waals surface area contributed by atoms with Crippen LogP contribution in [0.1, 0.15) is 41.0 Å². The molecule has 0 heterocycles. The highest BCUT2D eigenvalue weighted by Gasteiger charge is 2.26. The van der Waals surface area contributed by atoms with E-state index < -0.39 is 5.60 Å². The van der Waals surface area contributed by atoms with Crippen LogP contribution in [0.3, 0.4) is 0 Å². The lowest BCUT2D eigenvalue weighted by Gasteiger charge is -2.32. The fourth-order valence-corrected chi connectivity index (χ4v) is 1.18. The summed E-state index contributed by atoms with van der Waals surface area (Å²) in [6, 6.07) is 0. The molecule has 0 aromatic carbocycles. The summed E-state index contributed by atoms with van der Waals surface area (Å²) in [7, 11) is 0. The van der Waals surface area contributed by atoms with Crippen molar-refractivity contribution in [2.75, 3.05) is 6.61 Å². The van der Waals surface area contributed by atoms with Crippen molar-refractivity contribution in [3.05, 3.63) is 12.2 Å². The quantitative estimate of drug-likeness (QED) is 0.668. The Bertz CT molecular complexity index is 169. The molecule has 13 heavy (non-hydrogen) atoms. The molecule has 0 spiro atoms. The Morgan fingerprint density at radius 2 is 1.77 bits per heavy atom. The molecule has 78 valence electrons. The molecule has 0 bridgehead atoms. The lowest BCUT2D eigenvalue weighted by molar-refractivity contribution is -0.119. The summed E-state index contributed by atoms with van der Waals surface area (Å²) in [5, 5.41) is 9.03. The van der Waals surface area contributed by atoms with Gasteiger partial charge in [-0.3, -0.25) is 0 Å². The molecule has 0 aromatic heterocycles. The summed E-state index contributed by atoms with van der Waals surface area (Å²) < 4.78 is 5.74. The van der Waals surface area contributed by atoms with Gasteiger partial charge in [-0.25, -0.2) is 0 Å². The Labute approximate surface area is 81.6 Å². The van der Waals surface area contributed by atoms with Crippen LogP contribution in [-0.2, 0) is 4.74 Å². The molecule has 0 aliphatic rings. The first-order valence-electron chi connectivity index (χ1n) is 4.82. The van der Waals surface area contributed by atoms with E-state index in [0.29, 0.717) is 0 Å². The molecule has 0 fully saturated rings. The largest absolute Gasteiger partial charge is 0.393 e. The summed E-state index contributed by atoms with van der Waals surface area (Å²) >= 11 is 0. The minimum absolute atomic E-state index is 0.0381. The Morgan fingerprint density at radius 1 is 1.23 bits per heavy atom. The highest BCUT2D eigenvalue weighted by Crippen LogP contribution is 2.21. The normalized spacial score (nSPS) is 14.0. The molecule has 0 saturated heterocycles. The first-order chi connectivity index (χ1) is 5.83. The molecule has 0 unspecified atom stereocenters. The molecule has 0 rings (SSSR count). The van der Waals surface area contributed by atoms with Gasteiger partial charge in [0.2, 0.25) is 0 Å². The zero-order valence-electron chi connectivity index (χ0n) is 9.42. The van der Waals surface area contributed by atoms with Crippen LogP contribution in [0.4, 0.5) is 0 Å². The van der Waals surface area contributed by atoms with E-state index in [2.05, 4.69) is 13.0 Å². The fourth-order valence-electron chi connectivity index (χ4n) is 1.18. The van der Waals surface area contributed by atoms with Crippen LogP contribution in [0.25, 0.3) is 0 Å². The van der Waals surface area contributed by atoms with Crippen molar-refractivity contribution in [1.82, 2.24) is 0 Å². The predicted molar refractivity (Wildman–Crippen MR) is 55.8 cm³/mol. The van der Waals surface area contributed by atoms with Crippen molar-refractivity contribution < 1.29 is 9.84 Å². The Morgan fingerprint density at radius 3 is 2.15 bits per heavy atom. The second kappa shape index (κ2) is 4.77. The second-order valence-corrected chi connectivity index (χ2v) is 4.43. The van der Waals surface area contributed by atoms with Gasteiger partial charge in [0.05, 0.1) is 17.8 Å². The molecule has 0 radical (unpaired) electrons. The smallest absolute Gasteiger partial charge is 0.0867 e. The maximum absolute atomic E-state index is 9.03. The average molecular weight is 186 g/mol. The van der Waals surface area contributed by atoms with Crippen LogP contribution < -0.4 is 0 Å². The van der Waals surface area contributed by atoms with Gasteiger partial charge in [-0.1, -0.05) is 19.1 Å². The zero-order chi connectivity index (χ0) is 10.5. The van der Waals surface area contributed by atoms with Crippen molar-refractivity contribution in [3.8, 4) is 0 Å². The molecule has 0 amide bonds. The minimum atomic E-state index is -0.471. The van der Waals surface area contributed by atoms with E-state index in [1.54, 1.807) is 0 Å². The third-order valence-corrected chi connectivity index (χ3v) is 1.68. The molecule has 0 saturated carbocycles. The van der Waals surface area contributed by atoms with Gasteiger partial charge in [-0.15, -0.1) is 0 Å². The fraction of sp³-hybridized carbons (Fsp3) is 0.818. The molecule has 2 nitrogen and oxygen atoms in total. The third kappa shape index (κ3) is 5.83. The summed E-state index contributed by atoms with van der Waals surface area (Å²) in [4.78, 5) is 0. The van der Waals surface area contributed by atoms with Crippen molar-refractivity contribution in [1.29, 1.82) is 0 Å². The van der Waals surface area contributed by atoms with E-state index in [9.17, 15) is 0 Å². The highest BCUT2D eigenvalue weighted by atomic mass is 16.5. The predicted octanol–water partition coefficient (Wildman–Crippen LogP) is 2.52. The van der Waals surface area contributed by atoms with E-state index in [4.69, 9.17) is 9.84 Å². The molecule has 0 atom stereocenters. The summed E-state index contributed by atoms with van der Waals surface area (Å²) in [5.74, 6) is 0. The van der Waals surface area contributed by atoms with Gasteiger partial charge < -0.3 is 9.84 Å². The summed E-state index contributed by atoms with van der Waals surface area (Å²) in [5.41, 5.74) is -0.774. The van der Waals surface area contributed by atoms with Crippen molar-refractivity contribution in [2.24, 2.45) is 0 Å². The summed E-state index contributed by atoms with van der Waals surface area (Å²) in [6.07, 6.45) is 5.12. The Balaban J connectivity index is 4.24. The summed E-state index contributed by atoms with van der Waals surface area (Å²) in [6.45, 7) is 9.89. The van der Waals surface area contributed by atoms with Gasteiger partial charge in [-0.2, -0.15) is 0 Å². The number of aliphatic hydroxyl groups excluding tert-OH is 1. The number of hydrogen-bond donors (Lipinski definition) is 1. The monoisotopic (exact) mass is 186 g/mol. The van der Waals surface area contributed by atoms with Crippen LogP contribution in [0, 0.1) is 0 Å².